The zero-order valence-electron chi connectivity index (χ0n) is 10.5. The van der Waals surface area contributed by atoms with E-state index in [0.29, 0.717) is 5.71 Å². The van der Waals surface area contributed by atoms with Crippen molar-refractivity contribution in [2.24, 2.45) is 4.99 Å². The molecule has 0 bridgehead atoms. The molecule has 0 heterocycles. The van der Waals surface area contributed by atoms with Crippen molar-refractivity contribution in [1.82, 2.24) is 0 Å². The fourth-order valence-electron chi connectivity index (χ4n) is 1.69. The van der Waals surface area contributed by atoms with E-state index in [1.165, 1.54) is 5.56 Å². The van der Waals surface area contributed by atoms with E-state index in [0.717, 1.165) is 16.8 Å². The second kappa shape index (κ2) is 5.29. The fraction of sp³-hybridized carbons (Fsp3) is 0.125. The maximum atomic E-state index is 9.20. The number of nitrogens with zero attached hydrogens (tertiary/aromatic N) is 2. The molecule has 0 aliphatic heterocycles. The third-order valence-electron chi connectivity index (χ3n) is 2.67. The Morgan fingerprint density at radius 3 is 2.33 bits per heavy atom. The molecule has 88 valence electrons. The summed E-state index contributed by atoms with van der Waals surface area (Å²) < 4.78 is 0. The van der Waals surface area contributed by atoms with E-state index < -0.39 is 0 Å². The highest BCUT2D eigenvalue weighted by Crippen LogP contribution is 2.15. The van der Waals surface area contributed by atoms with Crippen molar-refractivity contribution in [3.8, 4) is 6.07 Å². The summed E-state index contributed by atoms with van der Waals surface area (Å²) in [6.45, 7) is 4.03. The third kappa shape index (κ3) is 2.83. The number of aliphatic imine (C=N–C) groups is 1. The first-order chi connectivity index (χ1) is 8.69. The number of rotatable bonds is 2. The minimum Gasteiger partial charge on any atom is -0.237 e. The molecule has 0 saturated carbocycles. The predicted octanol–water partition coefficient (Wildman–Crippen LogP) is 3.95. The summed E-state index contributed by atoms with van der Waals surface area (Å²) in [4.78, 5) is 4.39. The van der Waals surface area contributed by atoms with E-state index >= 15 is 0 Å². The van der Waals surface area contributed by atoms with Crippen molar-refractivity contribution in [3.05, 3.63) is 65.2 Å². The van der Waals surface area contributed by atoms with Gasteiger partial charge in [-0.1, -0.05) is 42.0 Å². The van der Waals surface area contributed by atoms with Gasteiger partial charge in [-0.25, -0.2) is 4.99 Å². The zero-order valence-corrected chi connectivity index (χ0v) is 10.5. The average Bonchev–Trinajstić information content (AvgIpc) is 2.37. The highest BCUT2D eigenvalue weighted by Gasteiger charge is 2.02. The normalized spacial score (nSPS) is 11.1. The van der Waals surface area contributed by atoms with Gasteiger partial charge in [-0.05, 0) is 31.5 Å². The van der Waals surface area contributed by atoms with Crippen LogP contribution in [0.25, 0.3) is 0 Å². The summed E-state index contributed by atoms with van der Waals surface area (Å²) in [5.41, 5.74) is 4.42. The van der Waals surface area contributed by atoms with Gasteiger partial charge in [0.2, 0.25) is 0 Å². The van der Waals surface area contributed by atoms with Crippen molar-refractivity contribution >= 4 is 11.4 Å². The lowest BCUT2D eigenvalue weighted by atomic mass is 10.1. The van der Waals surface area contributed by atoms with Crippen LogP contribution in [0.2, 0.25) is 0 Å². The Morgan fingerprint density at radius 1 is 1.00 bits per heavy atom. The van der Waals surface area contributed by atoms with Gasteiger partial charge in [0.15, 0.2) is 0 Å². The monoisotopic (exact) mass is 234 g/mol. The van der Waals surface area contributed by atoms with Gasteiger partial charge >= 0.3 is 0 Å². The second-order valence-electron chi connectivity index (χ2n) is 4.28. The Labute approximate surface area is 107 Å². The molecular weight excluding hydrogens is 220 g/mol. The lowest BCUT2D eigenvalue weighted by Crippen LogP contribution is -1.96. The van der Waals surface area contributed by atoms with Gasteiger partial charge in [0.05, 0.1) is 5.69 Å². The molecule has 0 aromatic heterocycles. The van der Waals surface area contributed by atoms with Gasteiger partial charge in [0, 0.05) is 5.56 Å². The van der Waals surface area contributed by atoms with Gasteiger partial charge in [-0.3, -0.25) is 0 Å². The van der Waals surface area contributed by atoms with E-state index in [1.54, 1.807) is 0 Å². The van der Waals surface area contributed by atoms with E-state index in [9.17, 15) is 5.26 Å². The Bertz CT molecular complexity index is 616. The van der Waals surface area contributed by atoms with E-state index in [4.69, 9.17) is 0 Å². The summed E-state index contributed by atoms with van der Waals surface area (Å²) in [5, 5.41) is 9.20. The largest absolute Gasteiger partial charge is 0.237 e. The van der Waals surface area contributed by atoms with Crippen LogP contribution in [0.1, 0.15) is 16.7 Å². The summed E-state index contributed by atoms with van der Waals surface area (Å²) in [6, 6.07) is 17.8. The average molecular weight is 234 g/mol. The minimum absolute atomic E-state index is 0.445. The minimum atomic E-state index is 0.445. The Morgan fingerprint density at radius 2 is 1.72 bits per heavy atom. The molecule has 0 fully saturated rings. The van der Waals surface area contributed by atoms with Crippen molar-refractivity contribution < 1.29 is 0 Å². The van der Waals surface area contributed by atoms with Crippen LogP contribution in [0.3, 0.4) is 0 Å². The molecule has 2 heteroatoms. The van der Waals surface area contributed by atoms with Crippen LogP contribution < -0.4 is 0 Å². The smallest absolute Gasteiger partial charge is 0.148 e. The molecule has 0 aliphatic carbocycles. The Hall–Kier alpha value is -2.40. The van der Waals surface area contributed by atoms with Crippen LogP contribution in [0.4, 0.5) is 5.69 Å². The molecule has 2 nitrogen and oxygen atoms in total. The fourth-order valence-corrected chi connectivity index (χ4v) is 1.69. The highest BCUT2D eigenvalue weighted by molar-refractivity contribution is 6.12. The van der Waals surface area contributed by atoms with Crippen LogP contribution in [0.15, 0.2) is 53.5 Å². The number of benzene rings is 2. The van der Waals surface area contributed by atoms with Gasteiger partial charge in [-0.2, -0.15) is 5.26 Å². The molecule has 0 radical (unpaired) electrons. The van der Waals surface area contributed by atoms with Crippen molar-refractivity contribution in [3.63, 3.8) is 0 Å². The van der Waals surface area contributed by atoms with Gasteiger partial charge in [0.25, 0.3) is 0 Å². The quantitative estimate of drug-likeness (QED) is 0.725. The molecular formula is C16H14N2. The molecule has 0 spiro atoms. The molecule has 2 aromatic rings. The molecule has 0 atom stereocenters. The predicted molar refractivity (Wildman–Crippen MR) is 74.2 cm³/mol. The molecule has 2 aromatic carbocycles. The lowest BCUT2D eigenvalue weighted by Gasteiger charge is -2.00. The maximum Gasteiger partial charge on any atom is 0.148 e. The van der Waals surface area contributed by atoms with Crippen LogP contribution in [0.5, 0.6) is 0 Å². The summed E-state index contributed by atoms with van der Waals surface area (Å²) in [7, 11) is 0. The first-order valence-corrected chi connectivity index (χ1v) is 5.81. The molecule has 0 N–H and O–H groups in total. The summed E-state index contributed by atoms with van der Waals surface area (Å²) in [6.07, 6.45) is 0. The van der Waals surface area contributed by atoms with Crippen molar-refractivity contribution in [2.45, 2.75) is 13.8 Å². The van der Waals surface area contributed by atoms with Crippen LogP contribution >= 0.6 is 0 Å². The SMILES string of the molecule is Cc1ccc(/C(C#N)=N/c2cccc(C)c2)cc1. The number of nitriles is 1. The molecule has 0 saturated heterocycles. The highest BCUT2D eigenvalue weighted by atomic mass is 14.7. The lowest BCUT2D eigenvalue weighted by molar-refractivity contribution is 1.41. The topological polar surface area (TPSA) is 36.1 Å². The van der Waals surface area contributed by atoms with Gasteiger partial charge in [0.1, 0.15) is 11.8 Å². The summed E-state index contributed by atoms with van der Waals surface area (Å²) >= 11 is 0. The van der Waals surface area contributed by atoms with E-state index in [-0.39, 0.29) is 0 Å². The molecule has 0 unspecified atom stereocenters. The summed E-state index contributed by atoms with van der Waals surface area (Å²) in [5.74, 6) is 0. The third-order valence-corrected chi connectivity index (χ3v) is 2.67. The Balaban J connectivity index is 2.40. The molecule has 18 heavy (non-hydrogen) atoms. The number of hydrogen-bond donors (Lipinski definition) is 0. The van der Waals surface area contributed by atoms with E-state index in [2.05, 4.69) is 11.1 Å². The molecule has 2 rings (SSSR count). The van der Waals surface area contributed by atoms with Crippen LogP contribution in [-0.4, -0.2) is 5.71 Å². The maximum absolute atomic E-state index is 9.20. The first kappa shape index (κ1) is 12.1. The van der Waals surface area contributed by atoms with Crippen molar-refractivity contribution in [2.75, 3.05) is 0 Å². The Kier molecular flexibility index (Phi) is 3.54. The van der Waals surface area contributed by atoms with E-state index in [1.807, 2.05) is 62.4 Å². The standard InChI is InChI=1S/C16H14N2/c1-12-6-8-14(9-7-12)16(11-17)18-15-5-3-4-13(2)10-15/h3-10H,1-2H3/b18-16+. The number of aryl methyl sites for hydroxylation is 2. The first-order valence-electron chi connectivity index (χ1n) is 5.81. The number of hydrogen-bond acceptors (Lipinski definition) is 2. The van der Waals surface area contributed by atoms with Gasteiger partial charge in [-0.15, -0.1) is 0 Å². The van der Waals surface area contributed by atoms with Crippen LogP contribution in [0, 0.1) is 25.2 Å². The van der Waals surface area contributed by atoms with Crippen LogP contribution in [-0.2, 0) is 0 Å². The van der Waals surface area contributed by atoms with Gasteiger partial charge < -0.3 is 0 Å². The zero-order chi connectivity index (χ0) is 13.0. The molecule has 0 amide bonds. The van der Waals surface area contributed by atoms with Crippen molar-refractivity contribution in [1.29, 1.82) is 5.26 Å². The second-order valence-corrected chi connectivity index (χ2v) is 4.28. The molecule has 0 aliphatic rings.